The highest BCUT2D eigenvalue weighted by Crippen LogP contribution is 2.22. The first kappa shape index (κ1) is 8.75. The molecule has 0 atom stereocenters. The Morgan fingerprint density at radius 3 is 3.08 bits per heavy atom. The van der Waals surface area contributed by atoms with Gasteiger partial charge in [-0.2, -0.15) is 0 Å². The Hall–Kier alpha value is -0.830. The predicted molar refractivity (Wildman–Crippen MR) is 54.6 cm³/mol. The molecule has 13 heavy (non-hydrogen) atoms. The van der Waals surface area contributed by atoms with Gasteiger partial charge in [-0.1, -0.05) is 28.1 Å². The van der Waals surface area contributed by atoms with Gasteiger partial charge in [0.1, 0.15) is 0 Å². The summed E-state index contributed by atoms with van der Waals surface area (Å²) in [6.07, 6.45) is 1.43. The van der Waals surface area contributed by atoms with Crippen LogP contribution in [0.3, 0.4) is 0 Å². The number of hydrogen-bond acceptors (Lipinski definition) is 1. The summed E-state index contributed by atoms with van der Waals surface area (Å²) < 4.78 is 1.11. The second kappa shape index (κ2) is 3.50. The van der Waals surface area contributed by atoms with Gasteiger partial charge in [-0.3, -0.25) is 4.79 Å². The Bertz CT molecular complexity index is 349. The number of hydrogen-bond donors (Lipinski definition) is 1. The number of benzene rings is 1. The first-order valence-corrected chi connectivity index (χ1v) is 5.09. The number of amides is 1. The van der Waals surface area contributed by atoms with Crippen LogP contribution in [-0.4, -0.2) is 12.5 Å². The maximum absolute atomic E-state index is 11.2. The van der Waals surface area contributed by atoms with Gasteiger partial charge in [0.15, 0.2) is 0 Å². The Morgan fingerprint density at radius 2 is 2.23 bits per heavy atom. The third-order valence-electron chi connectivity index (χ3n) is 2.26. The topological polar surface area (TPSA) is 29.1 Å². The van der Waals surface area contributed by atoms with Crippen molar-refractivity contribution in [1.82, 2.24) is 5.32 Å². The summed E-state index contributed by atoms with van der Waals surface area (Å²) in [6.45, 7) is 0.744. The van der Waals surface area contributed by atoms with Crippen LogP contribution in [0.15, 0.2) is 22.7 Å². The van der Waals surface area contributed by atoms with E-state index in [9.17, 15) is 4.79 Å². The summed E-state index contributed by atoms with van der Waals surface area (Å²) in [5.74, 6) is 0.122. The molecule has 3 heteroatoms. The maximum atomic E-state index is 11.2. The van der Waals surface area contributed by atoms with Crippen LogP contribution in [-0.2, 0) is 17.6 Å². The van der Waals surface area contributed by atoms with Gasteiger partial charge in [0, 0.05) is 11.0 Å². The summed E-state index contributed by atoms with van der Waals surface area (Å²) in [4.78, 5) is 11.2. The Labute approximate surface area is 85.5 Å². The molecule has 1 heterocycles. The van der Waals surface area contributed by atoms with Crippen molar-refractivity contribution in [2.75, 3.05) is 6.54 Å². The van der Waals surface area contributed by atoms with Gasteiger partial charge in [-0.05, 0) is 23.6 Å². The quantitative estimate of drug-likeness (QED) is 0.734. The fourth-order valence-corrected chi connectivity index (χ4v) is 2.22. The number of carbonyl (C=O) groups excluding carboxylic acids is 1. The lowest BCUT2D eigenvalue weighted by Gasteiger charge is -2.05. The van der Waals surface area contributed by atoms with Crippen molar-refractivity contribution in [1.29, 1.82) is 0 Å². The lowest BCUT2D eigenvalue weighted by molar-refractivity contribution is -0.120. The van der Waals surface area contributed by atoms with Crippen molar-refractivity contribution in [2.45, 2.75) is 12.8 Å². The Balaban J connectivity index is 2.45. The van der Waals surface area contributed by atoms with E-state index < -0.39 is 0 Å². The second-order valence-electron chi connectivity index (χ2n) is 3.15. The van der Waals surface area contributed by atoms with Crippen LogP contribution < -0.4 is 5.32 Å². The van der Waals surface area contributed by atoms with Crippen LogP contribution in [0.25, 0.3) is 0 Å². The van der Waals surface area contributed by atoms with E-state index in [4.69, 9.17) is 0 Å². The molecular weight excluding hydrogens is 230 g/mol. The molecular formula is C10H10BrNO. The summed E-state index contributed by atoms with van der Waals surface area (Å²) in [5.41, 5.74) is 2.41. The second-order valence-corrected chi connectivity index (χ2v) is 4.01. The number of halogens is 1. The van der Waals surface area contributed by atoms with E-state index in [1.807, 2.05) is 18.2 Å². The van der Waals surface area contributed by atoms with Crippen molar-refractivity contribution < 1.29 is 4.79 Å². The van der Waals surface area contributed by atoms with E-state index >= 15 is 0 Å². The molecule has 0 fully saturated rings. The van der Waals surface area contributed by atoms with Gasteiger partial charge in [0.2, 0.25) is 5.91 Å². The van der Waals surface area contributed by atoms with Gasteiger partial charge < -0.3 is 5.32 Å². The Morgan fingerprint density at radius 1 is 1.38 bits per heavy atom. The fourth-order valence-electron chi connectivity index (χ4n) is 1.61. The normalized spacial score (nSPS) is 15.9. The molecule has 1 amide bonds. The molecule has 68 valence electrons. The molecule has 1 aliphatic rings. The lowest BCUT2D eigenvalue weighted by atomic mass is 10.0. The molecule has 1 aromatic rings. The fraction of sp³-hybridized carbons (Fsp3) is 0.300. The van der Waals surface area contributed by atoms with Gasteiger partial charge in [0.25, 0.3) is 0 Å². The number of carbonyl (C=O) groups is 1. The highest BCUT2D eigenvalue weighted by molar-refractivity contribution is 9.10. The molecule has 0 aliphatic carbocycles. The van der Waals surface area contributed by atoms with Crippen molar-refractivity contribution in [3.8, 4) is 0 Å². The van der Waals surface area contributed by atoms with Crippen LogP contribution in [0.4, 0.5) is 0 Å². The van der Waals surface area contributed by atoms with Crippen LogP contribution in [0.2, 0.25) is 0 Å². The summed E-state index contributed by atoms with van der Waals surface area (Å²) in [6, 6.07) is 6.02. The summed E-state index contributed by atoms with van der Waals surface area (Å²) in [5, 5.41) is 2.86. The van der Waals surface area contributed by atoms with E-state index in [0.717, 1.165) is 23.0 Å². The third-order valence-corrected chi connectivity index (χ3v) is 3.01. The average Bonchev–Trinajstić information content (AvgIpc) is 2.27. The highest BCUT2D eigenvalue weighted by Gasteiger charge is 2.14. The van der Waals surface area contributed by atoms with E-state index in [1.54, 1.807) is 0 Å². The maximum Gasteiger partial charge on any atom is 0.224 e. The minimum atomic E-state index is 0.122. The smallest absolute Gasteiger partial charge is 0.224 e. The SMILES string of the molecule is O=C1Cc2cccc(Br)c2CCN1. The van der Waals surface area contributed by atoms with Crippen LogP contribution in [0.1, 0.15) is 11.1 Å². The molecule has 0 spiro atoms. The van der Waals surface area contributed by atoms with E-state index in [-0.39, 0.29) is 5.91 Å². The molecule has 1 N–H and O–H groups in total. The third kappa shape index (κ3) is 1.75. The Kier molecular flexibility index (Phi) is 2.36. The van der Waals surface area contributed by atoms with Crippen LogP contribution in [0.5, 0.6) is 0 Å². The van der Waals surface area contributed by atoms with Gasteiger partial charge in [-0.15, -0.1) is 0 Å². The molecule has 0 radical (unpaired) electrons. The highest BCUT2D eigenvalue weighted by atomic mass is 79.9. The zero-order valence-corrected chi connectivity index (χ0v) is 8.73. The molecule has 0 saturated heterocycles. The molecule has 0 bridgehead atoms. The van der Waals surface area contributed by atoms with E-state index in [0.29, 0.717) is 6.42 Å². The standard InChI is InChI=1S/C10H10BrNO/c11-9-3-1-2-7-6-10(13)12-5-4-8(7)9/h1-3H,4-6H2,(H,12,13). The molecule has 0 aromatic heterocycles. The monoisotopic (exact) mass is 239 g/mol. The zero-order valence-electron chi connectivity index (χ0n) is 7.14. The first-order valence-electron chi connectivity index (χ1n) is 4.30. The molecule has 1 aliphatic heterocycles. The minimum Gasteiger partial charge on any atom is -0.355 e. The van der Waals surface area contributed by atoms with Crippen LogP contribution >= 0.6 is 15.9 Å². The zero-order chi connectivity index (χ0) is 9.26. The number of fused-ring (bicyclic) bond motifs is 1. The van der Waals surface area contributed by atoms with Crippen molar-refractivity contribution >= 4 is 21.8 Å². The number of nitrogens with one attached hydrogen (secondary N) is 1. The van der Waals surface area contributed by atoms with Crippen molar-refractivity contribution in [3.63, 3.8) is 0 Å². The molecule has 2 rings (SSSR count). The van der Waals surface area contributed by atoms with Crippen molar-refractivity contribution in [2.24, 2.45) is 0 Å². The summed E-state index contributed by atoms with van der Waals surface area (Å²) in [7, 11) is 0. The summed E-state index contributed by atoms with van der Waals surface area (Å²) >= 11 is 3.50. The van der Waals surface area contributed by atoms with E-state index in [1.165, 1.54) is 5.56 Å². The number of rotatable bonds is 0. The minimum absolute atomic E-state index is 0.122. The average molecular weight is 240 g/mol. The van der Waals surface area contributed by atoms with Crippen LogP contribution in [0, 0.1) is 0 Å². The molecule has 0 unspecified atom stereocenters. The van der Waals surface area contributed by atoms with Gasteiger partial charge in [-0.25, -0.2) is 0 Å². The molecule has 2 nitrogen and oxygen atoms in total. The first-order chi connectivity index (χ1) is 6.27. The van der Waals surface area contributed by atoms with E-state index in [2.05, 4.69) is 21.2 Å². The van der Waals surface area contributed by atoms with Gasteiger partial charge >= 0.3 is 0 Å². The lowest BCUT2D eigenvalue weighted by Crippen LogP contribution is -2.24. The largest absolute Gasteiger partial charge is 0.355 e. The predicted octanol–water partition coefficient (Wildman–Crippen LogP) is 1.66. The molecule has 1 aromatic carbocycles. The van der Waals surface area contributed by atoms with Gasteiger partial charge in [0.05, 0.1) is 6.42 Å². The molecule has 0 saturated carbocycles. The van der Waals surface area contributed by atoms with Crippen molar-refractivity contribution in [3.05, 3.63) is 33.8 Å².